The molecule has 0 radical (unpaired) electrons. The summed E-state index contributed by atoms with van der Waals surface area (Å²) in [6.45, 7) is 4.64. The molecule has 0 aliphatic heterocycles. The van der Waals surface area contributed by atoms with Crippen molar-refractivity contribution in [2.75, 3.05) is 0 Å². The van der Waals surface area contributed by atoms with E-state index in [2.05, 4.69) is 0 Å². The maximum Gasteiger partial charge on any atom is 0.173 e. The number of carbonyl (C=O) groups excluding carboxylic acids is 1. The van der Waals surface area contributed by atoms with Crippen molar-refractivity contribution in [1.82, 2.24) is 0 Å². The molecule has 3 N–H and O–H groups in total. The Morgan fingerprint density at radius 2 is 1.94 bits per heavy atom. The van der Waals surface area contributed by atoms with Crippen LogP contribution in [0.4, 0.5) is 0 Å². The van der Waals surface area contributed by atoms with Crippen molar-refractivity contribution >= 4 is 5.78 Å². The lowest BCUT2D eigenvalue weighted by Gasteiger charge is -2.22. The van der Waals surface area contributed by atoms with Crippen molar-refractivity contribution in [3.8, 4) is 11.5 Å². The molecule has 1 aliphatic rings. The van der Waals surface area contributed by atoms with Gasteiger partial charge >= 0.3 is 0 Å². The second-order valence-electron chi connectivity index (χ2n) is 4.53. The number of aromatic hydroxyl groups is 2. The van der Waals surface area contributed by atoms with E-state index in [1.54, 1.807) is 6.92 Å². The average Bonchev–Trinajstić information content (AvgIpc) is 2.37. The Kier molecular flexibility index (Phi) is 2.04. The van der Waals surface area contributed by atoms with Gasteiger partial charge in [0.05, 0.1) is 17.1 Å². The lowest BCUT2D eigenvalue weighted by Crippen LogP contribution is -2.27. The lowest BCUT2D eigenvalue weighted by molar-refractivity contribution is 0.0171. The zero-order valence-electron chi connectivity index (χ0n) is 9.40. The van der Waals surface area contributed by atoms with Gasteiger partial charge in [0.2, 0.25) is 0 Å². The quantitative estimate of drug-likeness (QED) is 0.620. The van der Waals surface area contributed by atoms with E-state index >= 15 is 0 Å². The molecule has 16 heavy (non-hydrogen) atoms. The highest BCUT2D eigenvalue weighted by atomic mass is 16.3. The Bertz CT molecular complexity index is 488. The monoisotopic (exact) mass is 222 g/mol. The first-order valence-corrected chi connectivity index (χ1v) is 5.11. The molecule has 1 aromatic rings. The highest BCUT2D eigenvalue weighted by Gasteiger charge is 2.47. The molecule has 0 spiro atoms. The molecule has 4 nitrogen and oxygen atoms in total. The molecule has 0 fully saturated rings. The van der Waals surface area contributed by atoms with Crippen LogP contribution < -0.4 is 0 Å². The van der Waals surface area contributed by atoms with Gasteiger partial charge in [-0.1, -0.05) is 6.92 Å². The first-order valence-electron chi connectivity index (χ1n) is 5.11. The fraction of sp³-hybridized carbons (Fsp3) is 0.417. The topological polar surface area (TPSA) is 77.8 Å². The van der Waals surface area contributed by atoms with Crippen molar-refractivity contribution in [2.45, 2.75) is 26.4 Å². The molecule has 2 unspecified atom stereocenters. The molecule has 0 saturated heterocycles. The molecular formula is C12H14O4. The predicted octanol–water partition coefficient (Wildman–Crippen LogP) is 1.45. The maximum absolute atomic E-state index is 11.9. The van der Waals surface area contributed by atoms with E-state index in [9.17, 15) is 20.1 Å². The number of phenolic OH excluding ortho intramolecular Hbond substituents is 2. The van der Waals surface area contributed by atoms with Crippen LogP contribution in [-0.4, -0.2) is 21.1 Å². The van der Waals surface area contributed by atoms with E-state index in [-0.39, 0.29) is 28.4 Å². The Balaban J connectivity index is 2.83. The minimum atomic E-state index is -1.34. The summed E-state index contributed by atoms with van der Waals surface area (Å²) in [5, 5.41) is 29.6. The predicted molar refractivity (Wildman–Crippen MR) is 57.6 cm³/mol. The summed E-state index contributed by atoms with van der Waals surface area (Å²) in [4.78, 5) is 11.9. The van der Waals surface area contributed by atoms with Crippen LogP contribution in [-0.2, 0) is 5.60 Å². The molecule has 4 heteroatoms. The number of hydrogen-bond donors (Lipinski definition) is 3. The molecule has 0 amide bonds. The zero-order chi connectivity index (χ0) is 12.2. The summed E-state index contributed by atoms with van der Waals surface area (Å²) in [5.74, 6) is -1.25. The van der Waals surface area contributed by atoms with Gasteiger partial charge in [0.15, 0.2) is 5.78 Å². The van der Waals surface area contributed by atoms with Gasteiger partial charge in [-0.15, -0.1) is 0 Å². The molecule has 2 atom stereocenters. The van der Waals surface area contributed by atoms with Crippen LogP contribution in [0.5, 0.6) is 11.5 Å². The Morgan fingerprint density at radius 1 is 1.38 bits per heavy atom. The number of fused-ring (bicyclic) bond motifs is 1. The van der Waals surface area contributed by atoms with Crippen LogP contribution in [0.3, 0.4) is 0 Å². The molecule has 0 saturated carbocycles. The molecule has 2 rings (SSSR count). The molecular weight excluding hydrogens is 208 g/mol. The van der Waals surface area contributed by atoms with Crippen LogP contribution >= 0.6 is 0 Å². The number of ketones is 1. The summed E-state index contributed by atoms with van der Waals surface area (Å²) < 4.78 is 0. The van der Waals surface area contributed by atoms with Crippen LogP contribution in [0.25, 0.3) is 0 Å². The first-order chi connectivity index (χ1) is 7.28. The van der Waals surface area contributed by atoms with Gasteiger partial charge in [-0.25, -0.2) is 0 Å². The molecule has 1 aromatic carbocycles. The number of Topliss-reactive ketones (excluding diaryl/α,β-unsaturated/α-hetero) is 1. The van der Waals surface area contributed by atoms with Crippen molar-refractivity contribution in [1.29, 1.82) is 0 Å². The third kappa shape index (κ3) is 1.10. The lowest BCUT2D eigenvalue weighted by atomic mass is 9.90. The van der Waals surface area contributed by atoms with Crippen LogP contribution in [0, 0.1) is 12.8 Å². The van der Waals surface area contributed by atoms with Gasteiger partial charge in [-0.05, 0) is 19.9 Å². The highest BCUT2D eigenvalue weighted by molar-refractivity contribution is 6.06. The van der Waals surface area contributed by atoms with Crippen LogP contribution in [0.1, 0.15) is 35.3 Å². The van der Waals surface area contributed by atoms with Gasteiger partial charge in [0.25, 0.3) is 0 Å². The van der Waals surface area contributed by atoms with Gasteiger partial charge in [-0.2, -0.15) is 0 Å². The largest absolute Gasteiger partial charge is 0.508 e. The summed E-state index contributed by atoms with van der Waals surface area (Å²) in [6, 6.07) is 1.35. The van der Waals surface area contributed by atoms with E-state index in [4.69, 9.17) is 0 Å². The Hall–Kier alpha value is -1.55. The van der Waals surface area contributed by atoms with E-state index in [1.807, 2.05) is 0 Å². The van der Waals surface area contributed by atoms with Gasteiger partial charge < -0.3 is 15.3 Å². The first kappa shape index (κ1) is 11.0. The van der Waals surface area contributed by atoms with Crippen molar-refractivity contribution in [3.05, 3.63) is 22.8 Å². The maximum atomic E-state index is 11.9. The second-order valence-corrected chi connectivity index (χ2v) is 4.53. The van der Waals surface area contributed by atoms with E-state index < -0.39 is 11.5 Å². The SMILES string of the molecule is Cc1c(O)cc2c(c1O)C(=O)C(C)C2(C)O. The average molecular weight is 222 g/mol. The highest BCUT2D eigenvalue weighted by Crippen LogP contribution is 2.47. The minimum Gasteiger partial charge on any atom is -0.508 e. The smallest absolute Gasteiger partial charge is 0.173 e. The van der Waals surface area contributed by atoms with Crippen molar-refractivity contribution in [3.63, 3.8) is 0 Å². The van der Waals surface area contributed by atoms with E-state index in [0.29, 0.717) is 5.56 Å². The van der Waals surface area contributed by atoms with E-state index in [1.165, 1.54) is 19.9 Å². The third-order valence-electron chi connectivity index (χ3n) is 3.55. The van der Waals surface area contributed by atoms with Gasteiger partial charge in [-0.3, -0.25) is 4.79 Å². The molecule has 1 aliphatic carbocycles. The van der Waals surface area contributed by atoms with Gasteiger partial charge in [0, 0.05) is 11.1 Å². The second kappa shape index (κ2) is 2.98. The molecule has 86 valence electrons. The summed E-state index contributed by atoms with van der Waals surface area (Å²) in [7, 11) is 0. The number of carbonyl (C=O) groups is 1. The number of benzene rings is 1. The summed E-state index contributed by atoms with van der Waals surface area (Å²) in [5.41, 5.74) is -0.648. The number of hydrogen-bond acceptors (Lipinski definition) is 4. The molecule has 0 bridgehead atoms. The number of rotatable bonds is 0. The minimum absolute atomic E-state index is 0.113. The summed E-state index contributed by atoms with van der Waals surface area (Å²) >= 11 is 0. The third-order valence-corrected chi connectivity index (χ3v) is 3.55. The normalized spacial score (nSPS) is 28.2. The number of phenols is 2. The van der Waals surface area contributed by atoms with Gasteiger partial charge in [0.1, 0.15) is 11.5 Å². The summed E-state index contributed by atoms with van der Waals surface area (Å²) in [6.07, 6.45) is 0. The molecule has 0 aromatic heterocycles. The van der Waals surface area contributed by atoms with E-state index in [0.717, 1.165) is 0 Å². The molecule has 0 heterocycles. The standard InChI is InChI=1S/C12H14O4/c1-5-8(13)4-7-9(10(5)14)11(15)6(2)12(7,3)16/h4,6,13-14,16H,1-3H3. The fourth-order valence-electron chi connectivity index (χ4n) is 2.11. The fourth-order valence-corrected chi connectivity index (χ4v) is 2.11. The Morgan fingerprint density at radius 3 is 2.50 bits per heavy atom. The Labute approximate surface area is 93.2 Å². The van der Waals surface area contributed by atoms with Crippen molar-refractivity contribution in [2.24, 2.45) is 5.92 Å². The van der Waals surface area contributed by atoms with Crippen LogP contribution in [0.15, 0.2) is 6.07 Å². The number of aliphatic hydroxyl groups is 1. The van der Waals surface area contributed by atoms with Crippen molar-refractivity contribution < 1.29 is 20.1 Å². The zero-order valence-corrected chi connectivity index (χ0v) is 9.40. The van der Waals surface area contributed by atoms with Crippen LogP contribution in [0.2, 0.25) is 0 Å².